The van der Waals surface area contributed by atoms with Gasteiger partial charge in [0.15, 0.2) is 0 Å². The van der Waals surface area contributed by atoms with E-state index < -0.39 is 0 Å². The third-order valence-electron chi connectivity index (χ3n) is 5.74. The molecule has 0 bridgehead atoms. The smallest absolute Gasteiger partial charge is 0.124 e. The Labute approximate surface area is 170 Å². The van der Waals surface area contributed by atoms with Gasteiger partial charge in [0.05, 0.1) is 11.0 Å². The normalized spacial score (nSPS) is 13.1. The number of hydrogen-bond acceptors (Lipinski definition) is 3. The fourth-order valence-corrected chi connectivity index (χ4v) is 4.32. The third-order valence-corrected chi connectivity index (χ3v) is 5.74. The summed E-state index contributed by atoms with van der Waals surface area (Å²) in [4.78, 5) is 8.20. The lowest BCUT2D eigenvalue weighted by Crippen LogP contribution is -2.02. The Kier molecular flexibility index (Phi) is 4.57. The number of nitrogens with zero attached hydrogens (tertiary/aromatic N) is 2. The molecule has 1 aliphatic rings. The summed E-state index contributed by atoms with van der Waals surface area (Å²) in [5.74, 6) is 0.533. The Balaban J connectivity index is 0.000000142. The van der Waals surface area contributed by atoms with E-state index >= 15 is 0 Å². The maximum Gasteiger partial charge on any atom is 0.124 e. The minimum Gasteiger partial charge on any atom is -0.384 e. The van der Waals surface area contributed by atoms with Crippen molar-refractivity contribution in [2.75, 3.05) is 5.73 Å². The van der Waals surface area contributed by atoms with E-state index in [-0.39, 0.29) is 0 Å². The molecule has 5 aromatic rings. The number of nitrogens with two attached hydrogens (primary N) is 1. The molecule has 0 aliphatic heterocycles. The van der Waals surface area contributed by atoms with E-state index in [1.165, 1.54) is 47.2 Å². The number of hydrogen-bond donors (Lipinski definition) is 1. The van der Waals surface area contributed by atoms with Gasteiger partial charge in [0.25, 0.3) is 0 Å². The van der Waals surface area contributed by atoms with Crippen LogP contribution in [0.1, 0.15) is 24.0 Å². The van der Waals surface area contributed by atoms with Gasteiger partial charge in [0, 0.05) is 6.20 Å². The number of rotatable bonds is 0. The number of nitrogen functional groups attached to an aromatic ring is 1. The maximum absolute atomic E-state index is 5.48. The summed E-state index contributed by atoms with van der Waals surface area (Å²) in [6.07, 6.45) is 6.95. The fourth-order valence-electron chi connectivity index (χ4n) is 4.32. The van der Waals surface area contributed by atoms with Crippen LogP contribution in [0.3, 0.4) is 0 Å². The first-order valence-corrected chi connectivity index (χ1v) is 10.2. The molecule has 2 N–H and O–H groups in total. The second-order valence-electron chi connectivity index (χ2n) is 7.57. The zero-order valence-electron chi connectivity index (χ0n) is 16.3. The van der Waals surface area contributed by atoms with Crippen LogP contribution in [0.15, 0.2) is 79.0 Å². The molecular weight excluding hydrogens is 354 g/mol. The highest BCUT2D eigenvalue weighted by Crippen LogP contribution is 2.33. The second-order valence-corrected chi connectivity index (χ2v) is 7.57. The molecule has 0 saturated heterocycles. The zero-order valence-corrected chi connectivity index (χ0v) is 16.3. The molecule has 2 heterocycles. The van der Waals surface area contributed by atoms with Crippen molar-refractivity contribution in [3.63, 3.8) is 0 Å². The summed E-state index contributed by atoms with van der Waals surface area (Å²) in [6, 6.07) is 25.3. The quantitative estimate of drug-likeness (QED) is 0.333. The summed E-state index contributed by atoms with van der Waals surface area (Å²) in [5, 5.41) is 5.64. The van der Waals surface area contributed by atoms with Crippen molar-refractivity contribution in [3.8, 4) is 0 Å². The SMILES string of the molecule is Nc1ccc2ncccc2n1.c1ccc2c(c1)ccc1c3c(ccc12)CCCC3. The first kappa shape index (κ1) is 17.6. The van der Waals surface area contributed by atoms with Crippen LogP contribution in [0.2, 0.25) is 0 Å². The Bertz CT molecular complexity index is 1320. The number of aromatic nitrogens is 2. The molecule has 2 aromatic heterocycles. The molecule has 0 amide bonds. The maximum atomic E-state index is 5.48. The van der Waals surface area contributed by atoms with Gasteiger partial charge in [-0.05, 0) is 82.6 Å². The van der Waals surface area contributed by atoms with E-state index in [1.807, 2.05) is 18.2 Å². The van der Waals surface area contributed by atoms with Crippen LogP contribution in [0.25, 0.3) is 32.6 Å². The highest BCUT2D eigenvalue weighted by Gasteiger charge is 2.13. The Morgan fingerprint density at radius 2 is 1.52 bits per heavy atom. The summed E-state index contributed by atoms with van der Waals surface area (Å²) < 4.78 is 0. The van der Waals surface area contributed by atoms with Gasteiger partial charge in [0.2, 0.25) is 0 Å². The molecule has 0 radical (unpaired) electrons. The molecule has 3 nitrogen and oxygen atoms in total. The molecule has 3 aromatic carbocycles. The van der Waals surface area contributed by atoms with Gasteiger partial charge < -0.3 is 5.73 Å². The van der Waals surface area contributed by atoms with E-state index in [2.05, 4.69) is 58.5 Å². The van der Waals surface area contributed by atoms with Gasteiger partial charge >= 0.3 is 0 Å². The molecule has 0 fully saturated rings. The van der Waals surface area contributed by atoms with Gasteiger partial charge in [-0.15, -0.1) is 0 Å². The molecule has 142 valence electrons. The van der Waals surface area contributed by atoms with Crippen molar-refractivity contribution in [1.82, 2.24) is 9.97 Å². The first-order chi connectivity index (χ1) is 14.3. The Morgan fingerprint density at radius 3 is 2.48 bits per heavy atom. The number of aryl methyl sites for hydroxylation is 2. The van der Waals surface area contributed by atoms with E-state index in [0.29, 0.717) is 5.82 Å². The van der Waals surface area contributed by atoms with Gasteiger partial charge in [-0.25, -0.2) is 4.98 Å². The van der Waals surface area contributed by atoms with Crippen LogP contribution >= 0.6 is 0 Å². The van der Waals surface area contributed by atoms with Gasteiger partial charge in [-0.2, -0.15) is 0 Å². The van der Waals surface area contributed by atoms with Gasteiger partial charge in [0.1, 0.15) is 5.82 Å². The molecule has 1 aliphatic carbocycles. The standard InChI is InChI=1S/C18H16.C8H7N3/c1-3-7-15-13(5-1)9-11-18-16-8-4-2-6-14(16)10-12-17(15)18;9-8-4-3-6-7(11-8)2-1-5-10-6/h1,3,5,7,9-12H,2,4,6,8H2;1-5H,(H2,9,11). The van der Waals surface area contributed by atoms with Crippen LogP contribution in [0.5, 0.6) is 0 Å². The van der Waals surface area contributed by atoms with E-state index in [1.54, 1.807) is 23.4 Å². The molecular formula is C26H23N3. The Hall–Kier alpha value is -3.46. The lowest BCUT2D eigenvalue weighted by molar-refractivity contribution is 0.690. The van der Waals surface area contributed by atoms with Gasteiger partial charge in [-0.1, -0.05) is 48.5 Å². The van der Waals surface area contributed by atoms with Crippen LogP contribution in [0, 0.1) is 0 Å². The average Bonchev–Trinajstić information content (AvgIpc) is 2.79. The highest BCUT2D eigenvalue weighted by molar-refractivity contribution is 6.08. The second kappa shape index (κ2) is 7.51. The molecule has 0 unspecified atom stereocenters. The number of benzene rings is 3. The minimum absolute atomic E-state index is 0.533. The molecule has 3 heteroatoms. The lowest BCUT2D eigenvalue weighted by Gasteiger charge is -2.18. The number of anilines is 1. The van der Waals surface area contributed by atoms with Crippen molar-refractivity contribution < 1.29 is 0 Å². The van der Waals surface area contributed by atoms with Crippen LogP contribution in [0.4, 0.5) is 5.82 Å². The van der Waals surface area contributed by atoms with Crippen molar-refractivity contribution in [2.24, 2.45) is 0 Å². The lowest BCUT2D eigenvalue weighted by atomic mass is 9.86. The molecule has 29 heavy (non-hydrogen) atoms. The van der Waals surface area contributed by atoms with Crippen molar-refractivity contribution in [3.05, 3.63) is 90.1 Å². The third kappa shape index (κ3) is 3.40. The summed E-state index contributed by atoms with van der Waals surface area (Å²) in [5.41, 5.74) is 10.4. The largest absolute Gasteiger partial charge is 0.384 e. The molecule has 0 atom stereocenters. The minimum atomic E-state index is 0.533. The predicted octanol–water partition coefficient (Wildman–Crippen LogP) is 6.08. The molecule has 0 saturated carbocycles. The van der Waals surface area contributed by atoms with Crippen LogP contribution in [-0.4, -0.2) is 9.97 Å². The highest BCUT2D eigenvalue weighted by atomic mass is 14.8. The summed E-state index contributed by atoms with van der Waals surface area (Å²) >= 11 is 0. The van der Waals surface area contributed by atoms with Crippen molar-refractivity contribution in [1.29, 1.82) is 0 Å². The first-order valence-electron chi connectivity index (χ1n) is 10.2. The molecule has 0 spiro atoms. The van der Waals surface area contributed by atoms with Crippen LogP contribution < -0.4 is 5.73 Å². The van der Waals surface area contributed by atoms with Gasteiger partial charge in [-0.3, -0.25) is 4.98 Å². The number of pyridine rings is 2. The molecule has 6 rings (SSSR count). The van der Waals surface area contributed by atoms with E-state index in [4.69, 9.17) is 5.73 Å². The average molecular weight is 377 g/mol. The van der Waals surface area contributed by atoms with Crippen molar-refractivity contribution in [2.45, 2.75) is 25.7 Å². The van der Waals surface area contributed by atoms with E-state index in [9.17, 15) is 0 Å². The topological polar surface area (TPSA) is 51.8 Å². The monoisotopic (exact) mass is 377 g/mol. The zero-order chi connectivity index (χ0) is 19.6. The fraction of sp³-hybridized carbons (Fsp3) is 0.154. The van der Waals surface area contributed by atoms with E-state index in [0.717, 1.165) is 11.0 Å². The van der Waals surface area contributed by atoms with Crippen molar-refractivity contribution >= 4 is 38.4 Å². The van der Waals surface area contributed by atoms with Crippen LogP contribution in [-0.2, 0) is 12.8 Å². The summed E-state index contributed by atoms with van der Waals surface area (Å²) in [6.45, 7) is 0. The summed E-state index contributed by atoms with van der Waals surface area (Å²) in [7, 11) is 0. The Morgan fingerprint density at radius 1 is 0.655 bits per heavy atom. The predicted molar refractivity (Wildman–Crippen MR) is 122 cm³/mol. The number of fused-ring (bicyclic) bond motifs is 6.